The maximum Gasteiger partial charge on any atom is 0.253 e. The first-order valence-corrected chi connectivity index (χ1v) is 11.2. The van der Waals surface area contributed by atoms with Crippen molar-refractivity contribution in [2.75, 3.05) is 0 Å². The average Bonchev–Trinajstić information content (AvgIpc) is 3.33. The summed E-state index contributed by atoms with van der Waals surface area (Å²) in [5.41, 5.74) is 5.67. The first-order chi connectivity index (χ1) is 15.3. The Morgan fingerprint density at radius 1 is 1.00 bits per heavy atom. The quantitative estimate of drug-likeness (QED) is 0.655. The Morgan fingerprint density at radius 2 is 1.84 bits per heavy atom. The zero-order valence-electron chi connectivity index (χ0n) is 17.6. The number of nitrogens with zero attached hydrogens (tertiary/aromatic N) is 2. The van der Waals surface area contributed by atoms with E-state index in [-0.39, 0.29) is 18.1 Å². The monoisotopic (exact) mass is 413 g/mol. The number of aromatic nitrogens is 2. The molecule has 0 spiro atoms. The fraction of sp³-hybridized carbons (Fsp3) is 0.346. The molecule has 2 aromatic heterocycles. The number of rotatable bonds is 5. The number of carbonyl (C=O) groups is 1. The van der Waals surface area contributed by atoms with Gasteiger partial charge in [-0.1, -0.05) is 18.2 Å². The van der Waals surface area contributed by atoms with Gasteiger partial charge < -0.3 is 10.1 Å². The lowest BCUT2D eigenvalue weighted by molar-refractivity contribution is 0.0933. The maximum atomic E-state index is 12.8. The van der Waals surface area contributed by atoms with Crippen molar-refractivity contribution in [2.24, 2.45) is 0 Å². The van der Waals surface area contributed by atoms with E-state index in [2.05, 4.69) is 33.5 Å². The first-order valence-electron chi connectivity index (χ1n) is 11.2. The van der Waals surface area contributed by atoms with Gasteiger partial charge in [0.2, 0.25) is 5.88 Å². The average molecular weight is 414 g/mol. The molecule has 158 valence electrons. The van der Waals surface area contributed by atoms with Crippen LogP contribution < -0.4 is 10.1 Å². The summed E-state index contributed by atoms with van der Waals surface area (Å²) in [6.45, 7) is 0. The van der Waals surface area contributed by atoms with Crippen LogP contribution in [0.2, 0.25) is 0 Å². The van der Waals surface area contributed by atoms with E-state index in [1.54, 1.807) is 6.20 Å². The largest absolute Gasteiger partial charge is 0.474 e. The van der Waals surface area contributed by atoms with Crippen molar-refractivity contribution in [2.45, 2.75) is 57.1 Å². The zero-order chi connectivity index (χ0) is 21.0. The molecule has 2 aliphatic rings. The van der Waals surface area contributed by atoms with E-state index in [0.29, 0.717) is 11.4 Å². The van der Waals surface area contributed by atoms with Gasteiger partial charge in [-0.2, -0.15) is 0 Å². The number of aryl methyl sites for hydroxylation is 1. The molecule has 1 atom stereocenters. The molecule has 1 N–H and O–H groups in total. The van der Waals surface area contributed by atoms with Crippen molar-refractivity contribution >= 4 is 5.91 Å². The first kappa shape index (κ1) is 19.7. The number of hydrogen-bond donors (Lipinski definition) is 1. The van der Waals surface area contributed by atoms with Crippen LogP contribution in [0.25, 0.3) is 11.1 Å². The SMILES string of the molecule is O=C(N[C@@H]1CCc2cccc(-c3ccncc3)c2C1)c1ccc(OC2CCCC2)nc1. The number of fused-ring (bicyclic) bond motifs is 1. The van der Waals surface area contributed by atoms with Crippen molar-refractivity contribution in [3.05, 3.63) is 77.7 Å². The van der Waals surface area contributed by atoms with Crippen LogP contribution in [0.15, 0.2) is 61.1 Å². The van der Waals surface area contributed by atoms with E-state index in [1.807, 2.05) is 36.7 Å². The topological polar surface area (TPSA) is 64.1 Å². The van der Waals surface area contributed by atoms with Crippen molar-refractivity contribution in [3.8, 4) is 17.0 Å². The Bertz CT molecular complexity index is 1040. The highest BCUT2D eigenvalue weighted by molar-refractivity contribution is 5.94. The van der Waals surface area contributed by atoms with Crippen LogP contribution in [0.5, 0.6) is 5.88 Å². The van der Waals surface area contributed by atoms with Gasteiger partial charge in [-0.3, -0.25) is 9.78 Å². The number of pyridine rings is 2. The highest BCUT2D eigenvalue weighted by atomic mass is 16.5. The molecule has 0 bridgehead atoms. The highest BCUT2D eigenvalue weighted by Gasteiger charge is 2.23. The second-order valence-electron chi connectivity index (χ2n) is 8.50. The minimum Gasteiger partial charge on any atom is -0.474 e. The minimum atomic E-state index is -0.0743. The molecule has 0 saturated heterocycles. The molecule has 1 saturated carbocycles. The number of nitrogens with one attached hydrogen (secondary N) is 1. The summed E-state index contributed by atoms with van der Waals surface area (Å²) in [5, 5.41) is 3.22. The Balaban J connectivity index is 1.26. The molecule has 1 amide bonds. The molecule has 5 rings (SSSR count). The smallest absolute Gasteiger partial charge is 0.253 e. The fourth-order valence-corrected chi connectivity index (χ4v) is 4.74. The number of benzene rings is 1. The van der Waals surface area contributed by atoms with Gasteiger partial charge in [0.05, 0.1) is 5.56 Å². The van der Waals surface area contributed by atoms with Gasteiger partial charge in [-0.15, -0.1) is 0 Å². The van der Waals surface area contributed by atoms with Crippen molar-refractivity contribution in [1.82, 2.24) is 15.3 Å². The molecule has 0 unspecified atom stereocenters. The van der Waals surface area contributed by atoms with E-state index in [9.17, 15) is 4.79 Å². The summed E-state index contributed by atoms with van der Waals surface area (Å²) in [5.74, 6) is 0.534. The highest BCUT2D eigenvalue weighted by Crippen LogP contribution is 2.31. The summed E-state index contributed by atoms with van der Waals surface area (Å²) < 4.78 is 5.91. The van der Waals surface area contributed by atoms with Crippen molar-refractivity contribution < 1.29 is 9.53 Å². The Labute approximate surface area is 182 Å². The zero-order valence-corrected chi connectivity index (χ0v) is 17.6. The number of hydrogen-bond acceptors (Lipinski definition) is 4. The molecular weight excluding hydrogens is 386 g/mol. The number of amides is 1. The Morgan fingerprint density at radius 3 is 2.61 bits per heavy atom. The maximum absolute atomic E-state index is 12.8. The molecule has 2 heterocycles. The van der Waals surface area contributed by atoms with Crippen LogP contribution in [0, 0.1) is 0 Å². The van der Waals surface area contributed by atoms with Crippen LogP contribution in [-0.2, 0) is 12.8 Å². The molecule has 1 aromatic carbocycles. The van der Waals surface area contributed by atoms with E-state index >= 15 is 0 Å². The minimum absolute atomic E-state index is 0.0743. The van der Waals surface area contributed by atoms with E-state index in [0.717, 1.165) is 32.1 Å². The summed E-state index contributed by atoms with van der Waals surface area (Å²) in [4.78, 5) is 21.3. The fourth-order valence-electron chi connectivity index (χ4n) is 4.74. The summed E-state index contributed by atoms with van der Waals surface area (Å²) in [6.07, 6.45) is 12.9. The normalized spacial score (nSPS) is 18.4. The molecule has 0 aliphatic heterocycles. The Kier molecular flexibility index (Phi) is 5.65. The van der Waals surface area contributed by atoms with E-state index < -0.39 is 0 Å². The van der Waals surface area contributed by atoms with Crippen LogP contribution in [-0.4, -0.2) is 28.0 Å². The van der Waals surface area contributed by atoms with Gasteiger partial charge >= 0.3 is 0 Å². The van der Waals surface area contributed by atoms with E-state index in [4.69, 9.17) is 4.74 Å². The molecule has 5 heteroatoms. The molecule has 5 nitrogen and oxygen atoms in total. The van der Waals surface area contributed by atoms with E-state index in [1.165, 1.54) is 35.1 Å². The predicted octanol–water partition coefficient (Wildman–Crippen LogP) is 4.75. The second kappa shape index (κ2) is 8.88. The lowest BCUT2D eigenvalue weighted by Crippen LogP contribution is -2.39. The Hall–Kier alpha value is -3.21. The molecular formula is C26H27N3O2. The molecule has 31 heavy (non-hydrogen) atoms. The number of carbonyl (C=O) groups excluding carboxylic acids is 1. The van der Waals surface area contributed by atoms with Crippen LogP contribution in [0.4, 0.5) is 0 Å². The van der Waals surface area contributed by atoms with Crippen LogP contribution >= 0.6 is 0 Å². The lowest BCUT2D eigenvalue weighted by atomic mass is 9.83. The molecule has 2 aliphatic carbocycles. The standard InChI is InChI=1S/C26H27N3O2/c30-26(20-9-11-25(28-17-20)31-22-5-1-2-6-22)29-21-10-8-18-4-3-7-23(24(18)16-21)19-12-14-27-15-13-19/h3-4,7,9,11-15,17,21-22H,1-2,5-6,8,10,16H2,(H,29,30)/t21-/m1/s1. The third kappa shape index (κ3) is 4.46. The van der Waals surface area contributed by atoms with Crippen molar-refractivity contribution in [1.29, 1.82) is 0 Å². The molecule has 1 fully saturated rings. The summed E-state index contributed by atoms with van der Waals surface area (Å²) in [7, 11) is 0. The van der Waals surface area contributed by atoms with Crippen LogP contribution in [0.1, 0.15) is 53.6 Å². The van der Waals surface area contributed by atoms with Gasteiger partial charge in [0.25, 0.3) is 5.91 Å². The molecule has 0 radical (unpaired) electrons. The van der Waals surface area contributed by atoms with Crippen molar-refractivity contribution in [3.63, 3.8) is 0 Å². The van der Waals surface area contributed by atoms with Crippen LogP contribution in [0.3, 0.4) is 0 Å². The molecule has 3 aromatic rings. The summed E-state index contributed by atoms with van der Waals surface area (Å²) >= 11 is 0. The number of ether oxygens (including phenoxy) is 1. The predicted molar refractivity (Wildman–Crippen MR) is 120 cm³/mol. The van der Waals surface area contributed by atoms with Gasteiger partial charge in [0.15, 0.2) is 0 Å². The van der Waals surface area contributed by atoms with Gasteiger partial charge in [-0.25, -0.2) is 4.98 Å². The second-order valence-corrected chi connectivity index (χ2v) is 8.50. The van der Waals surface area contributed by atoms with Gasteiger partial charge in [0.1, 0.15) is 6.10 Å². The lowest BCUT2D eigenvalue weighted by Gasteiger charge is -2.27. The third-order valence-electron chi connectivity index (χ3n) is 6.40. The van der Waals surface area contributed by atoms with Gasteiger partial charge in [0, 0.05) is 30.7 Å². The summed E-state index contributed by atoms with van der Waals surface area (Å²) in [6, 6.07) is 14.3. The van der Waals surface area contributed by atoms with Gasteiger partial charge in [-0.05, 0) is 85.4 Å². The third-order valence-corrected chi connectivity index (χ3v) is 6.40.